The Morgan fingerprint density at radius 1 is 1.29 bits per heavy atom. The van der Waals surface area contributed by atoms with Gasteiger partial charge in [0, 0.05) is 6.04 Å². The lowest BCUT2D eigenvalue weighted by Gasteiger charge is -2.19. The van der Waals surface area contributed by atoms with Gasteiger partial charge >= 0.3 is 0 Å². The molecule has 0 amide bonds. The summed E-state index contributed by atoms with van der Waals surface area (Å²) in [7, 11) is 1.97. The van der Waals surface area contributed by atoms with Gasteiger partial charge in [0.2, 0.25) is 0 Å². The molecule has 17 heavy (non-hydrogen) atoms. The van der Waals surface area contributed by atoms with Crippen LogP contribution in [0.15, 0.2) is 36.4 Å². The number of rotatable bonds is 4. The highest BCUT2D eigenvalue weighted by Gasteiger charge is 2.10. The summed E-state index contributed by atoms with van der Waals surface area (Å²) in [5.41, 5.74) is 1.29. The van der Waals surface area contributed by atoms with Gasteiger partial charge in [-0.05, 0) is 57.0 Å². The van der Waals surface area contributed by atoms with Gasteiger partial charge in [-0.1, -0.05) is 18.2 Å². The molecule has 1 aromatic carbocycles. The van der Waals surface area contributed by atoms with E-state index in [1.165, 1.54) is 18.4 Å². The lowest BCUT2D eigenvalue weighted by molar-refractivity contribution is 0.230. The molecule has 0 aromatic heterocycles. The van der Waals surface area contributed by atoms with Gasteiger partial charge < -0.3 is 10.1 Å². The number of nitrogens with one attached hydrogen (secondary N) is 1. The smallest absolute Gasteiger partial charge is 0.120 e. The normalized spacial score (nSPS) is 21.2. The van der Waals surface area contributed by atoms with Crippen LogP contribution in [0, 0.1) is 0 Å². The van der Waals surface area contributed by atoms with Crippen molar-refractivity contribution < 1.29 is 4.74 Å². The summed E-state index contributed by atoms with van der Waals surface area (Å²) in [5.74, 6) is 0.966. The molecule has 1 aromatic rings. The van der Waals surface area contributed by atoms with Crippen molar-refractivity contribution in [2.45, 2.75) is 38.3 Å². The second kappa shape index (κ2) is 5.87. The molecule has 1 aliphatic rings. The van der Waals surface area contributed by atoms with E-state index in [-0.39, 0.29) is 6.10 Å². The van der Waals surface area contributed by atoms with Gasteiger partial charge in [0.15, 0.2) is 0 Å². The lowest BCUT2D eigenvalue weighted by Crippen LogP contribution is -2.16. The van der Waals surface area contributed by atoms with Gasteiger partial charge in [0.25, 0.3) is 0 Å². The Kier molecular flexibility index (Phi) is 4.21. The zero-order valence-corrected chi connectivity index (χ0v) is 10.6. The van der Waals surface area contributed by atoms with Crippen molar-refractivity contribution >= 4 is 0 Å². The molecule has 2 nitrogen and oxygen atoms in total. The first-order valence-corrected chi connectivity index (χ1v) is 6.40. The number of hydrogen-bond acceptors (Lipinski definition) is 2. The van der Waals surface area contributed by atoms with E-state index in [1.54, 1.807) is 0 Å². The summed E-state index contributed by atoms with van der Waals surface area (Å²) in [6.07, 6.45) is 8.20. The maximum atomic E-state index is 5.92. The Hall–Kier alpha value is -1.28. The molecule has 2 unspecified atom stereocenters. The third kappa shape index (κ3) is 3.34. The highest BCUT2D eigenvalue weighted by molar-refractivity contribution is 5.29. The average molecular weight is 231 g/mol. The molecule has 0 heterocycles. The van der Waals surface area contributed by atoms with Crippen LogP contribution in [-0.4, -0.2) is 13.2 Å². The summed E-state index contributed by atoms with van der Waals surface area (Å²) in [4.78, 5) is 0. The van der Waals surface area contributed by atoms with E-state index in [0.717, 1.165) is 12.2 Å². The second-order valence-corrected chi connectivity index (χ2v) is 4.59. The molecule has 1 aliphatic carbocycles. The Morgan fingerprint density at radius 2 is 2.06 bits per heavy atom. The summed E-state index contributed by atoms with van der Waals surface area (Å²) < 4.78 is 5.92. The minimum atomic E-state index is 0.260. The van der Waals surface area contributed by atoms with E-state index in [0.29, 0.717) is 6.04 Å². The highest BCUT2D eigenvalue weighted by atomic mass is 16.5. The predicted molar refractivity (Wildman–Crippen MR) is 71.3 cm³/mol. The van der Waals surface area contributed by atoms with Gasteiger partial charge in [-0.3, -0.25) is 0 Å². The van der Waals surface area contributed by atoms with E-state index < -0.39 is 0 Å². The summed E-state index contributed by atoms with van der Waals surface area (Å²) in [5, 5.41) is 3.23. The van der Waals surface area contributed by atoms with E-state index in [9.17, 15) is 0 Å². The quantitative estimate of drug-likeness (QED) is 0.801. The van der Waals surface area contributed by atoms with Crippen LogP contribution in [0.2, 0.25) is 0 Å². The Bertz CT molecular complexity index is 369. The fraction of sp³-hybridized carbons (Fsp3) is 0.467. The first-order valence-electron chi connectivity index (χ1n) is 6.40. The van der Waals surface area contributed by atoms with Crippen LogP contribution in [-0.2, 0) is 0 Å². The van der Waals surface area contributed by atoms with Gasteiger partial charge in [0.1, 0.15) is 11.9 Å². The largest absolute Gasteiger partial charge is 0.486 e. The minimum Gasteiger partial charge on any atom is -0.486 e. The summed E-state index contributed by atoms with van der Waals surface area (Å²) in [6.45, 7) is 2.15. The standard InChI is InChI=1S/C15H21NO/c1-12(16-2)13-8-10-15(11-9-13)17-14-6-4-3-5-7-14/h4,6,8-12,14,16H,3,5,7H2,1-2H3. The Balaban J connectivity index is 1.97. The summed E-state index contributed by atoms with van der Waals surface area (Å²) in [6, 6.07) is 8.77. The topological polar surface area (TPSA) is 21.3 Å². The number of allylic oxidation sites excluding steroid dienone is 1. The molecule has 2 rings (SSSR count). The second-order valence-electron chi connectivity index (χ2n) is 4.59. The van der Waals surface area contributed by atoms with Crippen LogP contribution < -0.4 is 10.1 Å². The number of ether oxygens (including phenoxy) is 1. The molecular weight excluding hydrogens is 210 g/mol. The zero-order chi connectivity index (χ0) is 12.1. The molecule has 0 spiro atoms. The number of benzene rings is 1. The van der Waals surface area contributed by atoms with Crippen LogP contribution in [0.25, 0.3) is 0 Å². The highest BCUT2D eigenvalue weighted by Crippen LogP contribution is 2.21. The molecule has 0 saturated heterocycles. The van der Waals surface area contributed by atoms with Crippen molar-refractivity contribution in [3.63, 3.8) is 0 Å². The van der Waals surface area contributed by atoms with Crippen LogP contribution in [0.4, 0.5) is 0 Å². The molecule has 1 N–H and O–H groups in total. The fourth-order valence-corrected chi connectivity index (χ4v) is 2.06. The maximum absolute atomic E-state index is 5.92. The summed E-state index contributed by atoms with van der Waals surface area (Å²) >= 11 is 0. The molecule has 0 aliphatic heterocycles. The SMILES string of the molecule is CNC(C)c1ccc(OC2C=CCCC2)cc1. The van der Waals surface area contributed by atoms with Crippen molar-refractivity contribution in [1.82, 2.24) is 5.32 Å². The lowest BCUT2D eigenvalue weighted by atomic mass is 10.1. The third-order valence-electron chi connectivity index (χ3n) is 3.31. The zero-order valence-electron chi connectivity index (χ0n) is 10.6. The molecule has 0 saturated carbocycles. The molecule has 0 radical (unpaired) electrons. The molecule has 2 atom stereocenters. The predicted octanol–water partition coefficient (Wildman–Crippen LogP) is 3.45. The first-order chi connectivity index (χ1) is 8.29. The fourth-order valence-electron chi connectivity index (χ4n) is 2.06. The average Bonchev–Trinajstić information content (AvgIpc) is 2.40. The van der Waals surface area contributed by atoms with E-state index in [1.807, 2.05) is 7.05 Å². The van der Waals surface area contributed by atoms with Crippen LogP contribution in [0.1, 0.15) is 37.8 Å². The first kappa shape index (κ1) is 12.2. The van der Waals surface area contributed by atoms with Gasteiger partial charge in [-0.15, -0.1) is 0 Å². The molecule has 0 bridgehead atoms. The monoisotopic (exact) mass is 231 g/mol. The van der Waals surface area contributed by atoms with Crippen molar-refractivity contribution in [2.24, 2.45) is 0 Å². The van der Waals surface area contributed by atoms with Crippen LogP contribution in [0.3, 0.4) is 0 Å². The third-order valence-corrected chi connectivity index (χ3v) is 3.31. The Morgan fingerprint density at radius 3 is 2.65 bits per heavy atom. The van der Waals surface area contributed by atoms with Crippen molar-refractivity contribution in [1.29, 1.82) is 0 Å². The van der Waals surface area contributed by atoms with Gasteiger partial charge in [-0.2, -0.15) is 0 Å². The van der Waals surface area contributed by atoms with Crippen molar-refractivity contribution in [2.75, 3.05) is 7.05 Å². The Labute approximate surface area is 104 Å². The minimum absolute atomic E-state index is 0.260. The van der Waals surface area contributed by atoms with E-state index in [4.69, 9.17) is 4.74 Å². The molecule has 0 fully saturated rings. The van der Waals surface area contributed by atoms with Crippen molar-refractivity contribution in [3.05, 3.63) is 42.0 Å². The van der Waals surface area contributed by atoms with Gasteiger partial charge in [0.05, 0.1) is 0 Å². The number of hydrogen-bond donors (Lipinski definition) is 1. The van der Waals surface area contributed by atoms with E-state index >= 15 is 0 Å². The molecule has 2 heteroatoms. The van der Waals surface area contributed by atoms with E-state index in [2.05, 4.69) is 48.7 Å². The van der Waals surface area contributed by atoms with Crippen LogP contribution >= 0.6 is 0 Å². The van der Waals surface area contributed by atoms with Gasteiger partial charge in [-0.25, -0.2) is 0 Å². The maximum Gasteiger partial charge on any atom is 0.120 e. The van der Waals surface area contributed by atoms with Crippen molar-refractivity contribution in [3.8, 4) is 5.75 Å². The van der Waals surface area contributed by atoms with Crippen LogP contribution in [0.5, 0.6) is 5.75 Å². The molecular formula is C15H21NO. The molecule has 92 valence electrons.